The summed E-state index contributed by atoms with van der Waals surface area (Å²) in [5.74, 6) is 0.882. The molecule has 1 unspecified atom stereocenters. The van der Waals surface area contributed by atoms with Gasteiger partial charge in [-0.1, -0.05) is 40.7 Å². The van der Waals surface area contributed by atoms with Gasteiger partial charge < -0.3 is 15.0 Å². The molecule has 7 nitrogen and oxygen atoms in total. The number of nitrogens with one attached hydrogen (secondary N) is 2. The van der Waals surface area contributed by atoms with Gasteiger partial charge in [0.25, 0.3) is 0 Å². The van der Waals surface area contributed by atoms with Gasteiger partial charge in [-0.15, -0.1) is 11.8 Å². The molecule has 1 aromatic heterocycles. The first kappa shape index (κ1) is 26.2. The number of ether oxygens (including phenoxy) is 1. The molecule has 1 aromatic rings. The van der Waals surface area contributed by atoms with Crippen LogP contribution in [0.25, 0.3) is 0 Å². The van der Waals surface area contributed by atoms with E-state index in [2.05, 4.69) is 71.4 Å². The molecule has 0 spiro atoms. The van der Waals surface area contributed by atoms with Crippen LogP contribution >= 0.6 is 11.8 Å². The van der Waals surface area contributed by atoms with Crippen molar-refractivity contribution in [3.63, 3.8) is 0 Å². The minimum absolute atomic E-state index is 0.389. The van der Waals surface area contributed by atoms with E-state index in [0.29, 0.717) is 17.9 Å². The maximum absolute atomic E-state index is 5.76. The van der Waals surface area contributed by atoms with Crippen molar-refractivity contribution >= 4 is 23.8 Å². The summed E-state index contributed by atoms with van der Waals surface area (Å²) >= 11 is 1.81. The van der Waals surface area contributed by atoms with Gasteiger partial charge in [0.1, 0.15) is 12.4 Å². The Bertz CT molecular complexity index is 647. The van der Waals surface area contributed by atoms with Crippen LogP contribution in [-0.2, 0) is 0 Å². The van der Waals surface area contributed by atoms with E-state index in [1.54, 1.807) is 18.0 Å². The highest BCUT2D eigenvalue weighted by molar-refractivity contribution is 8.03. The van der Waals surface area contributed by atoms with Crippen LogP contribution in [0.4, 0.5) is 5.82 Å². The second-order valence-corrected chi connectivity index (χ2v) is 8.54. The molecule has 0 saturated heterocycles. The molecule has 0 aromatic carbocycles. The maximum Gasteiger partial charge on any atom is 0.319 e. The van der Waals surface area contributed by atoms with Crippen molar-refractivity contribution in [3.05, 3.63) is 22.9 Å². The molecule has 0 aliphatic rings. The molecule has 8 heteroatoms. The number of hydrogen-bond acceptors (Lipinski definition) is 8. The van der Waals surface area contributed by atoms with E-state index in [9.17, 15) is 0 Å². The fourth-order valence-corrected chi connectivity index (χ4v) is 3.58. The Balaban J connectivity index is 3.03. The van der Waals surface area contributed by atoms with Crippen LogP contribution in [0.15, 0.2) is 22.3 Å². The lowest BCUT2D eigenvalue weighted by Crippen LogP contribution is -2.26. The van der Waals surface area contributed by atoms with Gasteiger partial charge in [0, 0.05) is 31.0 Å². The quantitative estimate of drug-likeness (QED) is 0.226. The number of hydrazone groups is 1. The fraction of sp³-hybridized carbons (Fsp3) is 0.682. The Morgan fingerprint density at radius 2 is 1.97 bits per heavy atom. The zero-order valence-electron chi connectivity index (χ0n) is 19.6. The molecule has 0 saturated carbocycles. The zero-order valence-corrected chi connectivity index (χ0v) is 20.4. The molecule has 0 bridgehead atoms. The number of thioether (sulfide) groups is 1. The Labute approximate surface area is 187 Å². The third-order valence-corrected chi connectivity index (χ3v) is 5.52. The summed E-state index contributed by atoms with van der Waals surface area (Å²) in [5, 5.41) is 9.12. The van der Waals surface area contributed by atoms with Crippen LogP contribution in [0.3, 0.4) is 0 Å². The molecule has 0 amide bonds. The number of hydrogen-bond donors (Lipinski definition) is 2. The topological polar surface area (TPSA) is 74.7 Å². The van der Waals surface area contributed by atoms with Crippen molar-refractivity contribution in [3.8, 4) is 6.01 Å². The molecular formula is C22H40N6OS. The van der Waals surface area contributed by atoms with Gasteiger partial charge in [0.05, 0.1) is 16.9 Å². The second-order valence-electron chi connectivity index (χ2n) is 7.06. The minimum Gasteiger partial charge on any atom is -0.462 e. The van der Waals surface area contributed by atoms with E-state index in [4.69, 9.17) is 4.74 Å². The Morgan fingerprint density at radius 1 is 1.23 bits per heavy atom. The van der Waals surface area contributed by atoms with E-state index in [1.807, 2.05) is 13.1 Å². The number of allylic oxidation sites excluding steroid dienone is 1. The van der Waals surface area contributed by atoms with Crippen molar-refractivity contribution in [2.75, 3.05) is 38.2 Å². The molecule has 0 aliphatic carbocycles. The SMILES string of the molecule is CC/C=C(/N/N=C/c1cc(N(CCC)CCC)nc(OCCNC)n1)SC(C)CC. The van der Waals surface area contributed by atoms with Gasteiger partial charge in [-0.05, 0) is 32.7 Å². The zero-order chi connectivity index (χ0) is 22.2. The predicted octanol–water partition coefficient (Wildman–Crippen LogP) is 4.41. The number of nitrogens with zero attached hydrogens (tertiary/aromatic N) is 4. The monoisotopic (exact) mass is 436 g/mol. The summed E-state index contributed by atoms with van der Waals surface area (Å²) in [6, 6.07) is 2.37. The summed E-state index contributed by atoms with van der Waals surface area (Å²) < 4.78 is 5.76. The third kappa shape index (κ3) is 10.3. The number of aromatic nitrogens is 2. The smallest absolute Gasteiger partial charge is 0.319 e. The van der Waals surface area contributed by atoms with Gasteiger partial charge in [0.15, 0.2) is 0 Å². The average molecular weight is 437 g/mol. The molecule has 2 N–H and O–H groups in total. The first-order chi connectivity index (χ1) is 14.6. The molecule has 0 fully saturated rings. The summed E-state index contributed by atoms with van der Waals surface area (Å²) in [4.78, 5) is 11.4. The molecule has 1 heterocycles. The van der Waals surface area contributed by atoms with E-state index < -0.39 is 0 Å². The highest BCUT2D eigenvalue weighted by Crippen LogP contribution is 2.22. The van der Waals surface area contributed by atoms with Crippen LogP contribution in [-0.4, -0.2) is 54.7 Å². The van der Waals surface area contributed by atoms with Crippen molar-refractivity contribution in [1.29, 1.82) is 0 Å². The van der Waals surface area contributed by atoms with Crippen LogP contribution in [0.2, 0.25) is 0 Å². The Kier molecular flexibility index (Phi) is 14.0. The van der Waals surface area contributed by atoms with E-state index in [-0.39, 0.29) is 0 Å². The van der Waals surface area contributed by atoms with Crippen LogP contribution in [0.1, 0.15) is 66.0 Å². The second kappa shape index (κ2) is 16.0. The van der Waals surface area contributed by atoms with Gasteiger partial charge >= 0.3 is 6.01 Å². The molecule has 0 radical (unpaired) electrons. The summed E-state index contributed by atoms with van der Waals surface area (Å²) in [6.45, 7) is 14.1. The molecule has 30 heavy (non-hydrogen) atoms. The summed E-state index contributed by atoms with van der Waals surface area (Å²) in [7, 11) is 1.90. The van der Waals surface area contributed by atoms with E-state index in [0.717, 1.165) is 61.9 Å². The Morgan fingerprint density at radius 3 is 2.57 bits per heavy atom. The molecule has 1 atom stereocenters. The van der Waals surface area contributed by atoms with Crippen molar-refractivity contribution in [1.82, 2.24) is 20.7 Å². The fourth-order valence-electron chi connectivity index (χ4n) is 2.62. The third-order valence-electron chi connectivity index (χ3n) is 4.27. The number of likely N-dealkylation sites (N-methyl/N-ethyl adjacent to an activating group) is 1. The first-order valence-electron chi connectivity index (χ1n) is 11.1. The van der Waals surface area contributed by atoms with Gasteiger partial charge in [-0.2, -0.15) is 15.1 Å². The normalized spacial score (nSPS) is 12.9. The lowest BCUT2D eigenvalue weighted by atomic mass is 10.3. The van der Waals surface area contributed by atoms with Crippen LogP contribution in [0, 0.1) is 0 Å². The number of anilines is 1. The standard InChI is InChI=1S/C22H40N6OS/c1-7-11-21(30-18(5)10-4)27-24-17-19-16-20(28(13-8-2)14-9-3)26-22(25-19)29-15-12-23-6/h11,16-18,23,27H,7-10,12-15H2,1-6H3/b21-11-,24-17+. The van der Waals surface area contributed by atoms with Crippen molar-refractivity contribution in [2.45, 2.75) is 65.6 Å². The summed E-state index contributed by atoms with van der Waals surface area (Å²) in [6.07, 6.45) is 8.10. The Hall–Kier alpha value is -1.80. The lowest BCUT2D eigenvalue weighted by molar-refractivity contribution is 0.293. The average Bonchev–Trinajstić information content (AvgIpc) is 2.73. The van der Waals surface area contributed by atoms with Gasteiger partial charge in [0.2, 0.25) is 0 Å². The highest BCUT2D eigenvalue weighted by atomic mass is 32.2. The molecule has 0 aliphatic heterocycles. The maximum atomic E-state index is 5.76. The van der Waals surface area contributed by atoms with Crippen molar-refractivity contribution in [2.24, 2.45) is 5.10 Å². The predicted molar refractivity (Wildman–Crippen MR) is 131 cm³/mol. The van der Waals surface area contributed by atoms with Crippen LogP contribution < -0.4 is 20.4 Å². The summed E-state index contributed by atoms with van der Waals surface area (Å²) in [5.41, 5.74) is 3.90. The highest BCUT2D eigenvalue weighted by Gasteiger charge is 2.11. The van der Waals surface area contributed by atoms with Gasteiger partial charge in [-0.3, -0.25) is 5.43 Å². The lowest BCUT2D eigenvalue weighted by Gasteiger charge is -2.23. The van der Waals surface area contributed by atoms with E-state index in [1.165, 1.54) is 0 Å². The molecular weight excluding hydrogens is 396 g/mol. The number of rotatable bonds is 16. The minimum atomic E-state index is 0.389. The first-order valence-corrected chi connectivity index (χ1v) is 12.0. The molecule has 170 valence electrons. The van der Waals surface area contributed by atoms with E-state index >= 15 is 0 Å². The molecule has 1 rings (SSSR count). The van der Waals surface area contributed by atoms with Crippen molar-refractivity contribution < 1.29 is 4.74 Å². The van der Waals surface area contributed by atoms with Crippen LogP contribution in [0.5, 0.6) is 6.01 Å². The van der Waals surface area contributed by atoms with Gasteiger partial charge in [-0.25, -0.2) is 0 Å². The largest absolute Gasteiger partial charge is 0.462 e.